The van der Waals surface area contributed by atoms with E-state index in [1.54, 1.807) is 16.7 Å². The molecule has 0 bridgehead atoms. The van der Waals surface area contributed by atoms with Gasteiger partial charge in [-0.1, -0.05) is 13.8 Å². The molecule has 1 heterocycles. The molecule has 0 spiro atoms. The Morgan fingerprint density at radius 1 is 1.37 bits per heavy atom. The average Bonchev–Trinajstić information content (AvgIpc) is 2.72. The second-order valence-corrected chi connectivity index (χ2v) is 6.55. The quantitative estimate of drug-likeness (QED) is 0.861. The molecule has 1 aromatic rings. The molecule has 1 aliphatic rings. The molecular weight excluding hydrogens is 262 g/mol. The molecule has 4 nitrogen and oxygen atoms in total. The number of carbonyl (C=O) groups excluding carboxylic acids is 1. The summed E-state index contributed by atoms with van der Waals surface area (Å²) in [7, 11) is 0. The minimum Gasteiger partial charge on any atom is -0.481 e. The van der Waals surface area contributed by atoms with E-state index in [1.165, 1.54) is 0 Å². The maximum atomic E-state index is 11.8. The van der Waals surface area contributed by atoms with E-state index in [0.29, 0.717) is 5.25 Å². The van der Waals surface area contributed by atoms with Crippen LogP contribution in [0.3, 0.4) is 0 Å². The molecule has 1 aliphatic heterocycles. The normalized spacial score (nSPS) is 19.2. The van der Waals surface area contributed by atoms with Crippen molar-refractivity contribution in [2.45, 2.75) is 30.4 Å². The van der Waals surface area contributed by atoms with Crippen molar-refractivity contribution in [2.75, 3.05) is 11.4 Å². The molecule has 1 atom stereocenters. The predicted octanol–water partition coefficient (Wildman–Crippen LogP) is 2.62. The zero-order valence-electron chi connectivity index (χ0n) is 11.0. The molecule has 1 saturated heterocycles. The average molecular weight is 279 g/mol. The summed E-state index contributed by atoms with van der Waals surface area (Å²) in [6, 6.07) is 7.71. The number of nitrogens with zero attached hydrogens (tertiary/aromatic N) is 1. The van der Waals surface area contributed by atoms with Crippen molar-refractivity contribution < 1.29 is 14.7 Å². The van der Waals surface area contributed by atoms with Gasteiger partial charge in [0.2, 0.25) is 5.91 Å². The Bertz CT molecular complexity index is 484. The lowest BCUT2D eigenvalue weighted by molar-refractivity contribution is -0.141. The van der Waals surface area contributed by atoms with Gasteiger partial charge in [-0.25, -0.2) is 0 Å². The smallest absolute Gasteiger partial charge is 0.308 e. The molecule has 0 saturated carbocycles. The molecule has 2 rings (SSSR count). The van der Waals surface area contributed by atoms with Crippen molar-refractivity contribution in [2.24, 2.45) is 5.92 Å². The maximum absolute atomic E-state index is 11.8. The minimum absolute atomic E-state index is 0.0951. The first-order valence-corrected chi connectivity index (χ1v) is 7.15. The number of aliphatic carboxylic acids is 1. The third-order valence-electron chi connectivity index (χ3n) is 2.99. The summed E-state index contributed by atoms with van der Waals surface area (Å²) < 4.78 is 0. The van der Waals surface area contributed by atoms with Crippen LogP contribution in [0.15, 0.2) is 29.2 Å². The summed E-state index contributed by atoms with van der Waals surface area (Å²) in [6.45, 7) is 4.52. The third kappa shape index (κ3) is 3.29. The third-order valence-corrected chi connectivity index (χ3v) is 4.01. The maximum Gasteiger partial charge on any atom is 0.308 e. The SMILES string of the molecule is CC(C)Sc1ccc(N2CC(C(=O)O)CC2=O)cc1. The molecule has 1 fully saturated rings. The fourth-order valence-corrected chi connectivity index (χ4v) is 2.94. The van der Waals surface area contributed by atoms with E-state index in [2.05, 4.69) is 13.8 Å². The molecular formula is C14H17NO3S. The number of thioether (sulfide) groups is 1. The monoisotopic (exact) mass is 279 g/mol. The zero-order valence-corrected chi connectivity index (χ0v) is 11.8. The highest BCUT2D eigenvalue weighted by Gasteiger charge is 2.34. The second-order valence-electron chi connectivity index (χ2n) is 4.90. The topological polar surface area (TPSA) is 57.6 Å². The van der Waals surface area contributed by atoms with Crippen molar-refractivity contribution in [1.29, 1.82) is 0 Å². The first-order valence-electron chi connectivity index (χ1n) is 6.27. The van der Waals surface area contributed by atoms with Gasteiger partial charge >= 0.3 is 5.97 Å². The molecule has 0 aromatic heterocycles. The molecule has 5 heteroatoms. The highest BCUT2D eigenvalue weighted by molar-refractivity contribution is 7.99. The number of amides is 1. The Kier molecular flexibility index (Phi) is 4.14. The van der Waals surface area contributed by atoms with E-state index < -0.39 is 11.9 Å². The standard InChI is InChI=1S/C14H17NO3S/c1-9(2)19-12-5-3-11(4-6-12)15-8-10(14(17)18)7-13(15)16/h3-6,9-10H,7-8H2,1-2H3,(H,17,18). The van der Waals surface area contributed by atoms with Gasteiger partial charge in [0, 0.05) is 28.8 Å². The van der Waals surface area contributed by atoms with Crippen molar-refractivity contribution in [3.63, 3.8) is 0 Å². The van der Waals surface area contributed by atoms with E-state index in [0.717, 1.165) is 10.6 Å². The van der Waals surface area contributed by atoms with Crippen LogP contribution in [0.5, 0.6) is 0 Å². The zero-order chi connectivity index (χ0) is 14.0. The van der Waals surface area contributed by atoms with E-state index in [9.17, 15) is 9.59 Å². The van der Waals surface area contributed by atoms with Gasteiger partial charge < -0.3 is 10.0 Å². The van der Waals surface area contributed by atoms with Crippen molar-refractivity contribution in [3.05, 3.63) is 24.3 Å². The van der Waals surface area contributed by atoms with Gasteiger partial charge in [-0.2, -0.15) is 0 Å². The van der Waals surface area contributed by atoms with Gasteiger partial charge in [-0.3, -0.25) is 9.59 Å². The molecule has 1 unspecified atom stereocenters. The molecule has 1 aromatic carbocycles. The van der Waals surface area contributed by atoms with E-state index in [-0.39, 0.29) is 18.9 Å². The number of carboxylic acid groups (broad SMARTS) is 1. The van der Waals surface area contributed by atoms with Gasteiger partial charge in [0.25, 0.3) is 0 Å². The largest absolute Gasteiger partial charge is 0.481 e. The van der Waals surface area contributed by atoms with E-state index in [4.69, 9.17) is 5.11 Å². The van der Waals surface area contributed by atoms with Crippen LogP contribution in [-0.4, -0.2) is 28.8 Å². The van der Waals surface area contributed by atoms with Crippen LogP contribution < -0.4 is 4.90 Å². The lowest BCUT2D eigenvalue weighted by Gasteiger charge is -2.16. The number of benzene rings is 1. The highest BCUT2D eigenvalue weighted by Crippen LogP contribution is 2.29. The number of anilines is 1. The van der Waals surface area contributed by atoms with Gasteiger partial charge in [0.15, 0.2) is 0 Å². The minimum atomic E-state index is -0.900. The van der Waals surface area contributed by atoms with Crippen molar-refractivity contribution in [1.82, 2.24) is 0 Å². The molecule has 0 radical (unpaired) electrons. The Balaban J connectivity index is 2.10. The van der Waals surface area contributed by atoms with Crippen LogP contribution in [0, 0.1) is 5.92 Å². The first kappa shape index (κ1) is 13.9. The molecule has 19 heavy (non-hydrogen) atoms. The Morgan fingerprint density at radius 2 is 2.00 bits per heavy atom. The van der Waals surface area contributed by atoms with Crippen molar-refractivity contribution in [3.8, 4) is 0 Å². The molecule has 0 aliphatic carbocycles. The number of rotatable bonds is 4. The molecule has 1 N–H and O–H groups in total. The predicted molar refractivity (Wildman–Crippen MR) is 75.5 cm³/mol. The lowest BCUT2D eigenvalue weighted by Crippen LogP contribution is -2.25. The van der Waals surface area contributed by atoms with Crippen LogP contribution in [0.25, 0.3) is 0 Å². The number of carbonyl (C=O) groups is 2. The van der Waals surface area contributed by atoms with E-state index >= 15 is 0 Å². The summed E-state index contributed by atoms with van der Waals surface area (Å²) in [5.41, 5.74) is 0.779. The summed E-state index contributed by atoms with van der Waals surface area (Å²) in [6.07, 6.45) is 0.0951. The van der Waals surface area contributed by atoms with Crippen LogP contribution >= 0.6 is 11.8 Å². The number of carboxylic acids is 1. The van der Waals surface area contributed by atoms with Gasteiger partial charge in [-0.15, -0.1) is 11.8 Å². The highest BCUT2D eigenvalue weighted by atomic mass is 32.2. The lowest BCUT2D eigenvalue weighted by atomic mass is 10.1. The van der Waals surface area contributed by atoms with Gasteiger partial charge in [0.05, 0.1) is 5.92 Å². The molecule has 102 valence electrons. The van der Waals surface area contributed by atoms with Crippen LogP contribution in [0.2, 0.25) is 0 Å². The van der Waals surface area contributed by atoms with Crippen molar-refractivity contribution >= 4 is 29.3 Å². The molecule has 1 amide bonds. The van der Waals surface area contributed by atoms with Gasteiger partial charge in [-0.05, 0) is 24.3 Å². The Labute approximate surface area is 116 Å². The number of hydrogen-bond acceptors (Lipinski definition) is 3. The fourth-order valence-electron chi connectivity index (χ4n) is 2.10. The van der Waals surface area contributed by atoms with Crippen LogP contribution in [0.1, 0.15) is 20.3 Å². The second kappa shape index (κ2) is 5.65. The summed E-state index contributed by atoms with van der Waals surface area (Å²) in [5, 5.41) is 9.47. The first-order chi connectivity index (χ1) is 8.97. The summed E-state index contributed by atoms with van der Waals surface area (Å²) >= 11 is 1.76. The van der Waals surface area contributed by atoms with Crippen LogP contribution in [-0.2, 0) is 9.59 Å². The van der Waals surface area contributed by atoms with Gasteiger partial charge in [0.1, 0.15) is 0 Å². The Hall–Kier alpha value is -1.49. The number of hydrogen-bond donors (Lipinski definition) is 1. The Morgan fingerprint density at radius 3 is 2.47 bits per heavy atom. The summed E-state index contributed by atoms with van der Waals surface area (Å²) in [4.78, 5) is 25.4. The summed E-state index contributed by atoms with van der Waals surface area (Å²) in [5.74, 6) is -1.60. The fraction of sp³-hybridized carbons (Fsp3) is 0.429. The van der Waals surface area contributed by atoms with Crippen LogP contribution in [0.4, 0.5) is 5.69 Å². The van der Waals surface area contributed by atoms with E-state index in [1.807, 2.05) is 24.3 Å².